The van der Waals surface area contributed by atoms with E-state index in [1.165, 1.54) is 29.7 Å². The van der Waals surface area contributed by atoms with Crippen molar-refractivity contribution in [3.05, 3.63) is 58.0 Å². The van der Waals surface area contributed by atoms with Gasteiger partial charge >= 0.3 is 0 Å². The molecule has 1 fully saturated rings. The van der Waals surface area contributed by atoms with E-state index in [-0.39, 0.29) is 17.2 Å². The maximum atomic E-state index is 12.6. The van der Waals surface area contributed by atoms with Crippen molar-refractivity contribution in [1.29, 1.82) is 0 Å². The minimum atomic E-state index is -0.365. The molecule has 3 rings (SSSR count). The summed E-state index contributed by atoms with van der Waals surface area (Å²) < 4.78 is 12.3. The van der Waals surface area contributed by atoms with E-state index in [4.69, 9.17) is 9.47 Å². The Morgan fingerprint density at radius 1 is 1.28 bits per heavy atom. The smallest absolute Gasteiger partial charge is 0.276 e. The molecule has 0 bridgehead atoms. The third-order valence-corrected chi connectivity index (χ3v) is 5.17. The molecule has 7 nitrogen and oxygen atoms in total. The summed E-state index contributed by atoms with van der Waals surface area (Å²) in [6, 6.07) is 10.4. The van der Waals surface area contributed by atoms with Crippen LogP contribution in [0.3, 0.4) is 0 Å². The Bertz CT molecular complexity index is 880. The van der Waals surface area contributed by atoms with Gasteiger partial charge in [-0.1, -0.05) is 31.9 Å². The number of nitrogens with zero attached hydrogens (tertiary/aromatic N) is 2. The Morgan fingerprint density at radius 3 is 2.93 bits per heavy atom. The lowest BCUT2D eigenvalue weighted by Crippen LogP contribution is -2.27. The summed E-state index contributed by atoms with van der Waals surface area (Å²) in [5, 5.41) is 6.96. The molecule has 1 saturated carbocycles. The molecule has 0 aliphatic heterocycles. The first-order valence-corrected chi connectivity index (χ1v) is 10.1. The van der Waals surface area contributed by atoms with Gasteiger partial charge in [0.1, 0.15) is 5.69 Å². The van der Waals surface area contributed by atoms with E-state index in [1.807, 2.05) is 24.3 Å². The number of methoxy groups -OCH3 is 1. The summed E-state index contributed by atoms with van der Waals surface area (Å²) in [6.07, 6.45) is 5.05. The third kappa shape index (κ3) is 6.24. The van der Waals surface area contributed by atoms with Gasteiger partial charge in [-0.2, -0.15) is 5.10 Å². The van der Waals surface area contributed by atoms with Gasteiger partial charge in [-0.25, -0.2) is 4.68 Å². The van der Waals surface area contributed by atoms with Gasteiger partial charge < -0.3 is 14.8 Å². The number of amides is 1. The zero-order valence-electron chi connectivity index (χ0n) is 17.1. The fourth-order valence-corrected chi connectivity index (χ4v) is 3.59. The number of carbonyl (C=O) groups excluding carboxylic acids is 1. The lowest BCUT2D eigenvalue weighted by Gasteiger charge is -2.26. The second-order valence-electron chi connectivity index (χ2n) is 7.63. The normalized spacial score (nSPS) is 19.1. The molecule has 0 saturated heterocycles. The summed E-state index contributed by atoms with van der Waals surface area (Å²) in [4.78, 5) is 24.4. The van der Waals surface area contributed by atoms with Gasteiger partial charge in [0, 0.05) is 18.9 Å². The van der Waals surface area contributed by atoms with Crippen molar-refractivity contribution in [2.24, 2.45) is 5.92 Å². The monoisotopic (exact) mass is 399 g/mol. The van der Waals surface area contributed by atoms with Crippen LogP contribution in [0.5, 0.6) is 0 Å². The highest BCUT2D eigenvalue weighted by atomic mass is 16.5. The van der Waals surface area contributed by atoms with Crippen LogP contribution < -0.4 is 10.9 Å². The molecule has 1 aromatic carbocycles. The van der Waals surface area contributed by atoms with Crippen LogP contribution in [0.1, 0.15) is 48.7 Å². The molecule has 0 spiro atoms. The number of aromatic nitrogens is 2. The van der Waals surface area contributed by atoms with E-state index in [0.29, 0.717) is 31.5 Å². The molecule has 2 atom stereocenters. The number of carbonyl (C=O) groups is 1. The van der Waals surface area contributed by atoms with Crippen molar-refractivity contribution in [2.45, 2.75) is 51.9 Å². The van der Waals surface area contributed by atoms with Crippen LogP contribution in [0, 0.1) is 5.92 Å². The van der Waals surface area contributed by atoms with Crippen LogP contribution in [0.25, 0.3) is 0 Å². The Morgan fingerprint density at radius 2 is 2.14 bits per heavy atom. The fourth-order valence-electron chi connectivity index (χ4n) is 3.59. The molecule has 2 unspecified atom stereocenters. The molecule has 1 amide bonds. The van der Waals surface area contributed by atoms with Gasteiger partial charge in [0.15, 0.2) is 0 Å². The largest absolute Gasteiger partial charge is 0.383 e. The summed E-state index contributed by atoms with van der Waals surface area (Å²) >= 11 is 0. The maximum absolute atomic E-state index is 12.6. The molecule has 1 heterocycles. The first-order valence-electron chi connectivity index (χ1n) is 10.1. The molecule has 1 aliphatic rings. The standard InChI is InChI=1S/C22H29N3O4/c1-16-5-3-8-19(13-16)29-15-17-6-4-7-18(14-17)23-22(27)20-9-10-21(26)25(24-20)11-12-28-2/h4,6-7,9-10,14,16,19H,3,5,8,11-13,15H2,1-2H3,(H,23,27). The van der Waals surface area contributed by atoms with Gasteiger partial charge in [-0.3, -0.25) is 9.59 Å². The zero-order valence-corrected chi connectivity index (χ0v) is 17.1. The average Bonchev–Trinajstić information content (AvgIpc) is 2.72. The van der Waals surface area contributed by atoms with Crippen molar-refractivity contribution in [3.63, 3.8) is 0 Å². The molecule has 29 heavy (non-hydrogen) atoms. The van der Waals surface area contributed by atoms with Gasteiger partial charge in [0.05, 0.1) is 25.9 Å². The van der Waals surface area contributed by atoms with Crippen molar-refractivity contribution >= 4 is 11.6 Å². The SMILES string of the molecule is COCCn1nc(C(=O)Nc2cccc(COC3CCCC(C)C3)c2)ccc1=O. The highest BCUT2D eigenvalue weighted by molar-refractivity contribution is 6.02. The third-order valence-electron chi connectivity index (χ3n) is 5.17. The van der Waals surface area contributed by atoms with Crippen LogP contribution in [-0.4, -0.2) is 35.5 Å². The van der Waals surface area contributed by atoms with Crippen LogP contribution in [0.15, 0.2) is 41.2 Å². The molecule has 1 aromatic heterocycles. The van der Waals surface area contributed by atoms with Gasteiger partial charge in [0.25, 0.3) is 11.5 Å². The van der Waals surface area contributed by atoms with Gasteiger partial charge in [-0.05, 0) is 42.5 Å². The number of ether oxygens (including phenoxy) is 2. The maximum Gasteiger partial charge on any atom is 0.276 e. The van der Waals surface area contributed by atoms with Crippen LogP contribution in [-0.2, 0) is 22.6 Å². The lowest BCUT2D eigenvalue weighted by molar-refractivity contribution is 0.00468. The topological polar surface area (TPSA) is 82.5 Å². The van der Waals surface area contributed by atoms with E-state index < -0.39 is 0 Å². The van der Waals surface area contributed by atoms with Crippen molar-refractivity contribution in [1.82, 2.24) is 9.78 Å². The van der Waals surface area contributed by atoms with Crippen LogP contribution in [0.4, 0.5) is 5.69 Å². The summed E-state index contributed by atoms with van der Waals surface area (Å²) in [5.74, 6) is 0.356. The van der Waals surface area contributed by atoms with E-state index >= 15 is 0 Å². The molecule has 1 aliphatic carbocycles. The first-order chi connectivity index (χ1) is 14.0. The van der Waals surface area contributed by atoms with E-state index in [0.717, 1.165) is 24.3 Å². The second kappa shape index (κ2) is 10.3. The molecular formula is C22H29N3O4. The van der Waals surface area contributed by atoms with Crippen LogP contribution >= 0.6 is 0 Å². The average molecular weight is 399 g/mol. The van der Waals surface area contributed by atoms with E-state index in [1.54, 1.807) is 7.11 Å². The summed E-state index contributed by atoms with van der Waals surface area (Å²) in [5.41, 5.74) is 1.59. The molecule has 0 radical (unpaired) electrons. The van der Waals surface area contributed by atoms with Gasteiger partial charge in [0.2, 0.25) is 0 Å². The second-order valence-corrected chi connectivity index (χ2v) is 7.63. The Hall–Kier alpha value is -2.51. The summed E-state index contributed by atoms with van der Waals surface area (Å²) in [6.45, 7) is 3.45. The minimum absolute atomic E-state index is 0.179. The first kappa shape index (κ1) is 21.2. The quantitative estimate of drug-likeness (QED) is 0.737. The summed E-state index contributed by atoms with van der Waals surface area (Å²) in [7, 11) is 1.55. The number of rotatable bonds is 8. The number of nitrogens with one attached hydrogen (secondary N) is 1. The molecule has 7 heteroatoms. The molecule has 2 aromatic rings. The predicted molar refractivity (Wildman–Crippen MR) is 111 cm³/mol. The highest BCUT2D eigenvalue weighted by Gasteiger charge is 2.19. The van der Waals surface area contributed by atoms with Crippen molar-refractivity contribution in [2.75, 3.05) is 19.0 Å². The van der Waals surface area contributed by atoms with Gasteiger partial charge in [-0.15, -0.1) is 0 Å². The highest BCUT2D eigenvalue weighted by Crippen LogP contribution is 2.26. The van der Waals surface area contributed by atoms with E-state index in [2.05, 4.69) is 17.3 Å². The fraction of sp³-hybridized carbons (Fsp3) is 0.500. The van der Waals surface area contributed by atoms with Crippen LogP contribution in [0.2, 0.25) is 0 Å². The van der Waals surface area contributed by atoms with E-state index in [9.17, 15) is 9.59 Å². The predicted octanol–water partition coefficient (Wildman–Crippen LogP) is 3.24. The number of hydrogen-bond donors (Lipinski definition) is 1. The Kier molecular flexibility index (Phi) is 7.55. The van der Waals surface area contributed by atoms with Crippen molar-refractivity contribution in [3.8, 4) is 0 Å². The number of benzene rings is 1. The zero-order chi connectivity index (χ0) is 20.6. The number of hydrogen-bond acceptors (Lipinski definition) is 5. The molecule has 1 N–H and O–H groups in total. The van der Waals surface area contributed by atoms with Crippen molar-refractivity contribution < 1.29 is 14.3 Å². The molecule has 156 valence electrons. The number of anilines is 1. The lowest BCUT2D eigenvalue weighted by atomic mass is 9.89. The Balaban J connectivity index is 1.60. The minimum Gasteiger partial charge on any atom is -0.383 e. The molecular weight excluding hydrogens is 370 g/mol. The Labute approximate surface area is 171 Å².